The molecule has 0 bridgehead atoms. The molecule has 0 aliphatic carbocycles. The predicted octanol–water partition coefficient (Wildman–Crippen LogP) is 1.88. The summed E-state index contributed by atoms with van der Waals surface area (Å²) in [6, 6.07) is 4.95. The molecule has 4 N–H and O–H groups in total. The highest BCUT2D eigenvalue weighted by atomic mass is 32.2. The zero-order valence-corrected chi connectivity index (χ0v) is 12.9. The van der Waals surface area contributed by atoms with Crippen molar-refractivity contribution < 1.29 is 13.5 Å². The third-order valence-corrected chi connectivity index (χ3v) is 4.44. The summed E-state index contributed by atoms with van der Waals surface area (Å²) in [7, 11) is -3.32. The summed E-state index contributed by atoms with van der Waals surface area (Å²) in [4.78, 5) is 0.150. The van der Waals surface area contributed by atoms with Crippen molar-refractivity contribution in [3.63, 3.8) is 0 Å². The molecule has 0 aromatic heterocycles. The zero-order chi connectivity index (χ0) is 15.2. The first-order valence-electron chi connectivity index (χ1n) is 6.83. The molecule has 0 aliphatic heterocycles. The molecule has 0 radical (unpaired) electrons. The number of aliphatic hydroxyl groups is 1. The maximum atomic E-state index is 11.6. The molecule has 0 spiro atoms. The molecule has 0 heterocycles. The molecule has 0 fully saturated rings. The second-order valence-electron chi connectivity index (χ2n) is 5.04. The van der Waals surface area contributed by atoms with Crippen molar-refractivity contribution in [1.82, 2.24) is 0 Å². The molecule has 6 heteroatoms. The molecule has 20 heavy (non-hydrogen) atoms. The maximum absolute atomic E-state index is 11.6. The minimum atomic E-state index is -3.32. The number of sulfone groups is 1. The van der Waals surface area contributed by atoms with Crippen molar-refractivity contribution in [3.8, 4) is 0 Å². The minimum Gasteiger partial charge on any atom is -0.396 e. The van der Waals surface area contributed by atoms with Crippen LogP contribution in [0.4, 0.5) is 11.4 Å². The summed E-state index contributed by atoms with van der Waals surface area (Å²) in [6.45, 7) is 2.93. The number of nitrogens with one attached hydrogen (secondary N) is 1. The van der Waals surface area contributed by atoms with E-state index in [0.29, 0.717) is 18.2 Å². The molecule has 1 rings (SSSR count). The highest BCUT2D eigenvalue weighted by molar-refractivity contribution is 7.90. The standard InChI is InChI=1S/C14H24N2O3S/c1-3-5-11(8-9-17)10-16-12-6-4-7-13(14(12)15)20(2,18)19/h4,6-7,11,16-17H,3,5,8-10,15H2,1-2H3. The predicted molar refractivity (Wildman–Crippen MR) is 82.6 cm³/mol. The van der Waals surface area contributed by atoms with Crippen LogP contribution >= 0.6 is 0 Å². The van der Waals surface area contributed by atoms with Gasteiger partial charge in [0.1, 0.15) is 0 Å². The number of hydrogen-bond acceptors (Lipinski definition) is 5. The van der Waals surface area contributed by atoms with Gasteiger partial charge in [-0.2, -0.15) is 0 Å². The van der Waals surface area contributed by atoms with Gasteiger partial charge in [-0.25, -0.2) is 8.42 Å². The highest BCUT2D eigenvalue weighted by Gasteiger charge is 2.15. The summed E-state index contributed by atoms with van der Waals surface area (Å²) in [5.41, 5.74) is 6.80. The number of aliphatic hydroxyl groups excluding tert-OH is 1. The Bertz CT molecular complexity index is 523. The van der Waals surface area contributed by atoms with Crippen LogP contribution in [0.2, 0.25) is 0 Å². The number of hydrogen-bond donors (Lipinski definition) is 3. The van der Waals surface area contributed by atoms with E-state index in [0.717, 1.165) is 25.5 Å². The molecule has 114 valence electrons. The Morgan fingerprint density at radius 3 is 2.60 bits per heavy atom. The number of benzene rings is 1. The molecule has 1 aromatic carbocycles. The Kier molecular flexibility index (Phi) is 6.29. The Morgan fingerprint density at radius 2 is 2.05 bits per heavy atom. The first kappa shape index (κ1) is 16.8. The van der Waals surface area contributed by atoms with Crippen LogP contribution in [0.5, 0.6) is 0 Å². The summed E-state index contributed by atoms with van der Waals surface area (Å²) in [5, 5.41) is 12.2. The Morgan fingerprint density at radius 1 is 1.35 bits per heavy atom. The van der Waals surface area contributed by atoms with E-state index in [1.165, 1.54) is 6.07 Å². The SMILES string of the molecule is CCCC(CCO)CNc1cccc(S(C)(=O)=O)c1N. The van der Waals surface area contributed by atoms with Crippen LogP contribution < -0.4 is 11.1 Å². The van der Waals surface area contributed by atoms with Gasteiger partial charge >= 0.3 is 0 Å². The van der Waals surface area contributed by atoms with Gasteiger partial charge in [0.05, 0.1) is 16.3 Å². The summed E-state index contributed by atoms with van der Waals surface area (Å²) < 4.78 is 23.2. The van der Waals surface area contributed by atoms with Crippen molar-refractivity contribution in [3.05, 3.63) is 18.2 Å². The maximum Gasteiger partial charge on any atom is 0.177 e. The molecule has 1 unspecified atom stereocenters. The topological polar surface area (TPSA) is 92.4 Å². The molecule has 1 atom stereocenters. The largest absolute Gasteiger partial charge is 0.396 e. The molecular formula is C14H24N2O3S. The average Bonchev–Trinajstić information content (AvgIpc) is 2.36. The van der Waals surface area contributed by atoms with Gasteiger partial charge in [0.2, 0.25) is 0 Å². The summed E-state index contributed by atoms with van der Waals surface area (Å²) in [5.74, 6) is 0.353. The number of nitrogens with two attached hydrogens (primary N) is 1. The van der Waals surface area contributed by atoms with Gasteiger partial charge in [0.15, 0.2) is 9.84 Å². The van der Waals surface area contributed by atoms with E-state index in [-0.39, 0.29) is 17.2 Å². The van der Waals surface area contributed by atoms with Gasteiger partial charge in [-0.3, -0.25) is 0 Å². The lowest BCUT2D eigenvalue weighted by molar-refractivity contribution is 0.255. The quantitative estimate of drug-likeness (QED) is 0.638. The molecule has 1 aromatic rings. The third kappa shape index (κ3) is 4.68. The van der Waals surface area contributed by atoms with E-state index >= 15 is 0 Å². The van der Waals surface area contributed by atoms with E-state index in [9.17, 15) is 8.42 Å². The van der Waals surface area contributed by atoms with E-state index in [2.05, 4.69) is 12.2 Å². The van der Waals surface area contributed by atoms with Crippen molar-refractivity contribution in [2.24, 2.45) is 5.92 Å². The third-order valence-electron chi connectivity index (χ3n) is 3.28. The van der Waals surface area contributed by atoms with Gasteiger partial charge in [-0.15, -0.1) is 0 Å². The molecule has 0 saturated heterocycles. The van der Waals surface area contributed by atoms with E-state index in [1.54, 1.807) is 12.1 Å². The fraction of sp³-hybridized carbons (Fsp3) is 0.571. The first-order chi connectivity index (χ1) is 9.40. The number of anilines is 2. The highest BCUT2D eigenvalue weighted by Crippen LogP contribution is 2.27. The first-order valence-corrected chi connectivity index (χ1v) is 8.72. The zero-order valence-electron chi connectivity index (χ0n) is 12.1. The molecule has 0 amide bonds. The molecule has 0 aliphatic rings. The van der Waals surface area contributed by atoms with Gasteiger partial charge in [-0.05, 0) is 30.9 Å². The van der Waals surface area contributed by atoms with Crippen LogP contribution in [0.3, 0.4) is 0 Å². The van der Waals surface area contributed by atoms with Gasteiger partial charge in [0.25, 0.3) is 0 Å². The second-order valence-corrected chi connectivity index (χ2v) is 7.02. The Labute approximate surface area is 121 Å². The smallest absolute Gasteiger partial charge is 0.177 e. The molecule has 5 nitrogen and oxygen atoms in total. The van der Waals surface area contributed by atoms with Crippen molar-refractivity contribution in [1.29, 1.82) is 0 Å². The normalized spacial score (nSPS) is 13.2. The van der Waals surface area contributed by atoms with Gasteiger partial charge in [-0.1, -0.05) is 19.4 Å². The fourth-order valence-electron chi connectivity index (χ4n) is 2.22. The van der Waals surface area contributed by atoms with Crippen LogP contribution in [0.25, 0.3) is 0 Å². The van der Waals surface area contributed by atoms with Gasteiger partial charge in [0, 0.05) is 19.4 Å². The van der Waals surface area contributed by atoms with Crippen LogP contribution in [0, 0.1) is 5.92 Å². The number of rotatable bonds is 8. The van der Waals surface area contributed by atoms with Gasteiger partial charge < -0.3 is 16.2 Å². The molecular weight excluding hydrogens is 276 g/mol. The number of nitrogen functional groups attached to an aromatic ring is 1. The van der Waals surface area contributed by atoms with E-state index < -0.39 is 9.84 Å². The average molecular weight is 300 g/mol. The second kappa shape index (κ2) is 7.50. The lowest BCUT2D eigenvalue weighted by atomic mass is 10.00. The summed E-state index contributed by atoms with van der Waals surface area (Å²) >= 11 is 0. The van der Waals surface area contributed by atoms with E-state index in [4.69, 9.17) is 10.8 Å². The van der Waals surface area contributed by atoms with Crippen LogP contribution in [0.15, 0.2) is 23.1 Å². The lowest BCUT2D eigenvalue weighted by Gasteiger charge is -2.18. The van der Waals surface area contributed by atoms with Crippen LogP contribution in [-0.2, 0) is 9.84 Å². The minimum absolute atomic E-state index is 0.150. The van der Waals surface area contributed by atoms with Crippen molar-refractivity contribution in [2.75, 3.05) is 30.5 Å². The molecule has 0 saturated carbocycles. The fourth-order valence-corrected chi connectivity index (χ4v) is 3.05. The lowest BCUT2D eigenvalue weighted by Crippen LogP contribution is -2.17. The van der Waals surface area contributed by atoms with Crippen LogP contribution in [0.1, 0.15) is 26.2 Å². The van der Waals surface area contributed by atoms with Crippen LogP contribution in [-0.4, -0.2) is 32.9 Å². The monoisotopic (exact) mass is 300 g/mol. The Balaban J connectivity index is 2.83. The van der Waals surface area contributed by atoms with Crippen molar-refractivity contribution in [2.45, 2.75) is 31.1 Å². The Hall–Kier alpha value is -1.27. The number of para-hydroxylation sites is 1. The van der Waals surface area contributed by atoms with Crippen molar-refractivity contribution >= 4 is 21.2 Å². The summed E-state index contributed by atoms with van der Waals surface area (Å²) in [6.07, 6.45) is 3.94. The van der Waals surface area contributed by atoms with E-state index in [1.807, 2.05) is 0 Å².